The number of hydrogen-bond acceptors (Lipinski definition) is 4. The van der Waals surface area contributed by atoms with E-state index in [0.717, 1.165) is 161 Å². The lowest BCUT2D eigenvalue weighted by molar-refractivity contribution is 0.677. The molecule has 0 atom stereocenters. The third-order valence-corrected chi connectivity index (χ3v) is 21.2. The van der Waals surface area contributed by atoms with Crippen molar-refractivity contribution in [3.63, 3.8) is 0 Å². The fourth-order valence-corrected chi connectivity index (χ4v) is 16.2. The zero-order chi connectivity index (χ0) is 71.4. The smallest absolute Gasteiger partial charge is 0.147 e. The van der Waals surface area contributed by atoms with E-state index < -0.39 is 0 Å². The number of fused-ring (bicyclic) bond motifs is 11. The molecule has 0 radical (unpaired) electrons. The Bertz CT molecular complexity index is 6610. The van der Waals surface area contributed by atoms with E-state index in [0.29, 0.717) is 0 Å². The molecule has 0 amide bonds. The van der Waals surface area contributed by atoms with Crippen LogP contribution in [0.4, 0.5) is 51.2 Å². The second-order valence-corrected chi connectivity index (χ2v) is 27.6. The summed E-state index contributed by atoms with van der Waals surface area (Å²) in [6.45, 7) is 0. The Hall–Kier alpha value is -14.5. The summed E-state index contributed by atoms with van der Waals surface area (Å²) in [7, 11) is 0. The molecule has 0 fully saturated rings. The van der Waals surface area contributed by atoms with E-state index in [1.165, 1.54) is 22.3 Å². The van der Waals surface area contributed by atoms with E-state index >= 15 is 0 Å². The average molecular weight is 1380 g/mol. The number of aromatic nitrogens is 2. The molecule has 0 N–H and O–H groups in total. The molecule has 6 heteroatoms. The van der Waals surface area contributed by atoms with Crippen molar-refractivity contribution in [2.45, 2.75) is 0 Å². The molecule has 20 aromatic rings. The summed E-state index contributed by atoms with van der Waals surface area (Å²) in [5.41, 5.74) is 28.6. The first kappa shape index (κ1) is 63.2. The molecule has 0 aliphatic carbocycles. The van der Waals surface area contributed by atoms with Gasteiger partial charge in [0, 0.05) is 73.0 Å². The molecule has 17 aromatic carbocycles. The van der Waals surface area contributed by atoms with Gasteiger partial charge >= 0.3 is 0 Å². The third-order valence-electron chi connectivity index (χ3n) is 21.2. The molecule has 108 heavy (non-hydrogen) atoms. The minimum atomic E-state index is 0.788. The highest BCUT2D eigenvalue weighted by Gasteiger charge is 2.30. The SMILES string of the molecule is c1ccc(-c2ccc(-c3cc(-c4ccccc4)cc(-n4c5ccccc5c5c6oc7c(c(N(c8ccccc8)c8ccccc8)cc8c7c7cc(N(c9ccccc9)c9ccc(-c%10ccccc%10)cc9)ccc7n8-c7ccc(N(c8ccccc8)c8ccc(-c9ccccc9)cc8)cc7)c6ccc54)c3)cc2)cc1. The summed E-state index contributed by atoms with van der Waals surface area (Å²) in [6.07, 6.45) is 0. The largest absolute Gasteiger partial charge is 0.454 e. The summed E-state index contributed by atoms with van der Waals surface area (Å²) in [5.74, 6) is 0. The fraction of sp³-hybridized carbons (Fsp3) is 0. The van der Waals surface area contributed by atoms with Crippen molar-refractivity contribution in [1.82, 2.24) is 9.13 Å². The van der Waals surface area contributed by atoms with E-state index in [-0.39, 0.29) is 0 Å². The molecule has 20 rings (SSSR count). The standard InChI is InChI=1S/C102H69N5O/c1-9-27-70(28-10-1)74-45-47-77(48-46-74)79-65-78(73-33-15-4-16-34-73)66-89(67-79)107-93-44-26-25-43-90(93)98-95(107)64-62-91-99-96(105(82-39-21-7-22-40-82)83-41-23-8-24-42-83)69-97-100(102(99)108-101(91)98)92-68-88(104(81-37-19-6-20-38-81)85-55-51-76(52-56-85)72-31-13-3-14-32-72)61-63-94(92)106(97)87-59-57-86(58-60-87)103(80-35-17-5-18-36-80)84-53-49-75(50-54-84)71-29-11-2-12-30-71/h1-69H. The topological polar surface area (TPSA) is 32.7 Å². The van der Waals surface area contributed by atoms with Crippen molar-refractivity contribution in [1.29, 1.82) is 0 Å². The Morgan fingerprint density at radius 1 is 0.176 bits per heavy atom. The highest BCUT2D eigenvalue weighted by molar-refractivity contribution is 6.32. The monoisotopic (exact) mass is 1380 g/mol. The molecule has 508 valence electrons. The van der Waals surface area contributed by atoms with Crippen LogP contribution in [0.3, 0.4) is 0 Å². The molecule has 3 aromatic heterocycles. The Morgan fingerprint density at radius 3 is 0.991 bits per heavy atom. The van der Waals surface area contributed by atoms with Crippen LogP contribution >= 0.6 is 0 Å². The van der Waals surface area contributed by atoms with Gasteiger partial charge in [-0.2, -0.15) is 0 Å². The van der Waals surface area contributed by atoms with Gasteiger partial charge in [-0.15, -0.1) is 0 Å². The summed E-state index contributed by atoms with van der Waals surface area (Å²) in [5, 5.41) is 6.18. The maximum atomic E-state index is 8.13. The van der Waals surface area contributed by atoms with Crippen molar-refractivity contribution in [2.24, 2.45) is 0 Å². The number of rotatable bonds is 16. The van der Waals surface area contributed by atoms with Gasteiger partial charge in [0.25, 0.3) is 0 Å². The molecule has 0 saturated heterocycles. The predicted molar refractivity (Wildman–Crippen MR) is 454 cm³/mol. The van der Waals surface area contributed by atoms with Crippen LogP contribution in [0.25, 0.3) is 133 Å². The van der Waals surface area contributed by atoms with E-state index in [1.807, 2.05) is 0 Å². The van der Waals surface area contributed by atoms with Crippen LogP contribution in [0.5, 0.6) is 0 Å². The molecular formula is C102H69N5O. The zero-order valence-electron chi connectivity index (χ0n) is 59.0. The van der Waals surface area contributed by atoms with Crippen molar-refractivity contribution >= 4 is 117 Å². The first-order valence-electron chi connectivity index (χ1n) is 36.9. The second-order valence-electron chi connectivity index (χ2n) is 27.6. The van der Waals surface area contributed by atoms with Gasteiger partial charge in [0.2, 0.25) is 0 Å². The summed E-state index contributed by atoms with van der Waals surface area (Å²) < 4.78 is 13.0. The minimum Gasteiger partial charge on any atom is -0.454 e. The van der Waals surface area contributed by atoms with Crippen molar-refractivity contribution < 1.29 is 4.42 Å². The fourth-order valence-electron chi connectivity index (χ4n) is 16.2. The second kappa shape index (κ2) is 27.0. The van der Waals surface area contributed by atoms with Gasteiger partial charge in [-0.3, -0.25) is 0 Å². The number of benzene rings is 17. The highest BCUT2D eigenvalue weighted by Crippen LogP contribution is 2.53. The van der Waals surface area contributed by atoms with Crippen molar-refractivity contribution in [2.75, 3.05) is 14.7 Å². The molecule has 0 bridgehead atoms. The molecule has 0 unspecified atom stereocenters. The molecule has 0 aliphatic heterocycles. The van der Waals surface area contributed by atoms with Gasteiger partial charge < -0.3 is 28.3 Å². The zero-order valence-corrected chi connectivity index (χ0v) is 59.0. The van der Waals surface area contributed by atoms with Crippen molar-refractivity contribution in [3.05, 3.63) is 419 Å². The van der Waals surface area contributed by atoms with Gasteiger partial charge in [0.05, 0.1) is 43.9 Å². The van der Waals surface area contributed by atoms with Gasteiger partial charge in [-0.25, -0.2) is 0 Å². The van der Waals surface area contributed by atoms with Gasteiger partial charge in [-0.05, 0) is 213 Å². The summed E-state index contributed by atoms with van der Waals surface area (Å²) >= 11 is 0. The number of nitrogens with zero attached hydrogens (tertiary/aromatic N) is 5. The predicted octanol–water partition coefficient (Wildman–Crippen LogP) is 28.5. The van der Waals surface area contributed by atoms with Crippen LogP contribution < -0.4 is 14.7 Å². The lowest BCUT2D eigenvalue weighted by Crippen LogP contribution is -2.10. The number of furan rings is 1. The summed E-state index contributed by atoms with van der Waals surface area (Å²) in [6, 6.07) is 152. The first-order chi connectivity index (χ1) is 53.6. The van der Waals surface area contributed by atoms with Gasteiger partial charge in [-0.1, -0.05) is 261 Å². The van der Waals surface area contributed by atoms with Crippen LogP contribution in [0.2, 0.25) is 0 Å². The molecule has 0 spiro atoms. The lowest BCUT2D eigenvalue weighted by atomic mass is 9.96. The van der Waals surface area contributed by atoms with E-state index in [9.17, 15) is 0 Å². The maximum absolute atomic E-state index is 8.13. The Kier molecular flexibility index (Phi) is 15.8. The quantitative estimate of drug-likeness (QED) is 0.0965. The van der Waals surface area contributed by atoms with E-state index in [4.69, 9.17) is 4.42 Å². The van der Waals surface area contributed by atoms with Crippen molar-refractivity contribution in [3.8, 4) is 67.0 Å². The van der Waals surface area contributed by atoms with Crippen LogP contribution in [0.15, 0.2) is 423 Å². The third kappa shape index (κ3) is 11.2. The maximum Gasteiger partial charge on any atom is 0.147 e. The van der Waals surface area contributed by atoms with E-state index in [1.54, 1.807) is 0 Å². The number of hydrogen-bond donors (Lipinski definition) is 0. The van der Waals surface area contributed by atoms with Crippen LogP contribution in [-0.4, -0.2) is 9.13 Å². The number of anilines is 9. The Balaban J connectivity index is 0.855. The summed E-state index contributed by atoms with van der Waals surface area (Å²) in [4.78, 5) is 7.14. The lowest BCUT2D eigenvalue weighted by Gasteiger charge is -2.27. The van der Waals surface area contributed by atoms with Crippen LogP contribution in [-0.2, 0) is 0 Å². The molecular weight excluding hydrogens is 1310 g/mol. The molecule has 3 heterocycles. The minimum absolute atomic E-state index is 0.788. The Labute approximate surface area is 626 Å². The van der Waals surface area contributed by atoms with Gasteiger partial charge in [0.1, 0.15) is 11.2 Å². The highest BCUT2D eigenvalue weighted by atomic mass is 16.3. The first-order valence-corrected chi connectivity index (χ1v) is 36.9. The van der Waals surface area contributed by atoms with Crippen LogP contribution in [0, 0.1) is 0 Å². The normalized spacial score (nSPS) is 11.5. The number of para-hydroxylation sites is 5. The average Bonchev–Trinajstić information content (AvgIpc) is 1.53. The molecule has 0 aliphatic rings. The van der Waals surface area contributed by atoms with Crippen LogP contribution in [0.1, 0.15) is 0 Å². The van der Waals surface area contributed by atoms with Gasteiger partial charge in [0.15, 0.2) is 0 Å². The molecule has 0 saturated carbocycles. The molecule has 6 nitrogen and oxygen atoms in total. The van der Waals surface area contributed by atoms with E-state index in [2.05, 4.69) is 442 Å². The Morgan fingerprint density at radius 2 is 0.509 bits per heavy atom.